The lowest BCUT2D eigenvalue weighted by molar-refractivity contribution is 0.0739. The molecule has 0 saturated carbocycles. The third kappa shape index (κ3) is 3.14. The summed E-state index contributed by atoms with van der Waals surface area (Å²) >= 11 is 0. The minimum Gasteiger partial charge on any atom is -0.334 e. The molecular weight excluding hydrogens is 326 g/mol. The Kier molecular flexibility index (Phi) is 4.76. The molecule has 3 heterocycles. The molecule has 0 bridgehead atoms. The van der Waals surface area contributed by atoms with Crippen LogP contribution in [0.4, 0.5) is 0 Å². The molecule has 2 atom stereocenters. The Balaban J connectivity index is 1.52. The van der Waals surface area contributed by atoms with Gasteiger partial charge in [-0.15, -0.1) is 5.10 Å². The Morgan fingerprint density at radius 3 is 2.65 bits per heavy atom. The largest absolute Gasteiger partial charge is 0.334 e. The van der Waals surface area contributed by atoms with E-state index in [2.05, 4.69) is 46.8 Å². The van der Waals surface area contributed by atoms with Gasteiger partial charge in [0, 0.05) is 18.5 Å². The van der Waals surface area contributed by atoms with Crippen LogP contribution < -0.4 is 5.32 Å². The van der Waals surface area contributed by atoms with Crippen molar-refractivity contribution >= 4 is 5.91 Å². The van der Waals surface area contributed by atoms with Gasteiger partial charge in [-0.2, -0.15) is 0 Å². The maximum atomic E-state index is 13.1. The maximum absolute atomic E-state index is 13.1. The van der Waals surface area contributed by atoms with E-state index in [1.54, 1.807) is 0 Å². The number of carbonyl (C=O) groups excluding carboxylic acids is 1. The van der Waals surface area contributed by atoms with E-state index in [1.807, 2.05) is 22.6 Å². The van der Waals surface area contributed by atoms with Gasteiger partial charge in [0.15, 0.2) is 5.69 Å². The number of likely N-dealkylation sites (tertiary alicyclic amines) is 1. The highest BCUT2D eigenvalue weighted by Gasteiger charge is 2.36. The molecule has 2 saturated heterocycles. The molecule has 0 spiro atoms. The van der Waals surface area contributed by atoms with Gasteiger partial charge in [-0.25, -0.2) is 4.68 Å². The van der Waals surface area contributed by atoms with Crippen LogP contribution in [0, 0.1) is 6.92 Å². The monoisotopic (exact) mass is 353 g/mol. The molecule has 2 fully saturated rings. The Morgan fingerprint density at radius 1 is 1.19 bits per heavy atom. The van der Waals surface area contributed by atoms with Gasteiger partial charge in [0.25, 0.3) is 5.91 Å². The zero-order valence-corrected chi connectivity index (χ0v) is 15.6. The number of nitrogens with one attached hydrogen (secondary N) is 1. The second kappa shape index (κ2) is 7.19. The molecule has 1 aromatic heterocycles. The quantitative estimate of drug-likeness (QED) is 0.921. The normalized spacial score (nSPS) is 24.2. The summed E-state index contributed by atoms with van der Waals surface area (Å²) in [6.45, 7) is 6.85. The standard InChI is InChI=1S/C20H27N5O/c1-14-12-17(16-6-4-3-5-7-16)13-24(14)20(26)19-15(2)25(23-22-19)18-8-10-21-11-9-18/h3-7,14,17-18,21H,8-13H2,1-2H3. The Hall–Kier alpha value is -2.21. The lowest BCUT2D eigenvalue weighted by Gasteiger charge is -2.24. The molecule has 6 heteroatoms. The minimum absolute atomic E-state index is 0.0219. The number of hydrogen-bond donors (Lipinski definition) is 1. The van der Waals surface area contributed by atoms with Crippen molar-refractivity contribution in [2.75, 3.05) is 19.6 Å². The van der Waals surface area contributed by atoms with E-state index < -0.39 is 0 Å². The summed E-state index contributed by atoms with van der Waals surface area (Å²) in [5.41, 5.74) is 2.73. The first kappa shape index (κ1) is 17.2. The lowest BCUT2D eigenvalue weighted by Crippen LogP contribution is -2.35. The van der Waals surface area contributed by atoms with Crippen molar-refractivity contribution < 1.29 is 4.79 Å². The number of amides is 1. The predicted molar refractivity (Wildman–Crippen MR) is 100 cm³/mol. The number of nitrogens with zero attached hydrogens (tertiary/aromatic N) is 4. The van der Waals surface area contributed by atoms with Crippen molar-refractivity contribution in [2.24, 2.45) is 0 Å². The lowest BCUT2D eigenvalue weighted by atomic mass is 9.97. The Bertz CT molecular complexity index is 766. The van der Waals surface area contributed by atoms with Crippen LogP contribution in [0.1, 0.15) is 59.9 Å². The summed E-state index contributed by atoms with van der Waals surface area (Å²) in [4.78, 5) is 15.1. The smallest absolute Gasteiger partial charge is 0.276 e. The topological polar surface area (TPSA) is 63.1 Å². The molecule has 26 heavy (non-hydrogen) atoms. The molecule has 2 aromatic rings. The first-order valence-electron chi connectivity index (χ1n) is 9.63. The molecular formula is C20H27N5O. The van der Waals surface area contributed by atoms with Gasteiger partial charge in [0.2, 0.25) is 0 Å². The summed E-state index contributed by atoms with van der Waals surface area (Å²) < 4.78 is 1.96. The van der Waals surface area contributed by atoms with Crippen molar-refractivity contribution in [2.45, 2.75) is 51.1 Å². The van der Waals surface area contributed by atoms with Gasteiger partial charge >= 0.3 is 0 Å². The molecule has 2 aliphatic rings. The Labute approximate surface area is 154 Å². The van der Waals surface area contributed by atoms with Crippen LogP contribution in [0.15, 0.2) is 30.3 Å². The SMILES string of the molecule is Cc1c(C(=O)N2CC(c3ccccc3)CC2C)nnn1C1CCNCC1. The summed E-state index contributed by atoms with van der Waals surface area (Å²) in [6.07, 6.45) is 3.07. The van der Waals surface area contributed by atoms with E-state index in [9.17, 15) is 4.79 Å². The number of aromatic nitrogens is 3. The Morgan fingerprint density at radius 2 is 1.92 bits per heavy atom. The van der Waals surface area contributed by atoms with Crippen molar-refractivity contribution in [3.8, 4) is 0 Å². The molecule has 138 valence electrons. The molecule has 2 aliphatic heterocycles. The van der Waals surface area contributed by atoms with Crippen LogP contribution in [0.2, 0.25) is 0 Å². The third-order valence-corrected chi connectivity index (χ3v) is 5.89. The van der Waals surface area contributed by atoms with E-state index in [4.69, 9.17) is 0 Å². The van der Waals surface area contributed by atoms with Gasteiger partial charge in [-0.3, -0.25) is 4.79 Å². The van der Waals surface area contributed by atoms with E-state index in [1.165, 1.54) is 5.56 Å². The van der Waals surface area contributed by atoms with Crippen LogP contribution >= 0.6 is 0 Å². The van der Waals surface area contributed by atoms with E-state index >= 15 is 0 Å². The van der Waals surface area contributed by atoms with Gasteiger partial charge in [-0.1, -0.05) is 35.5 Å². The van der Waals surface area contributed by atoms with Crippen molar-refractivity contribution in [1.29, 1.82) is 0 Å². The molecule has 6 nitrogen and oxygen atoms in total. The van der Waals surface area contributed by atoms with Gasteiger partial charge in [0.05, 0.1) is 11.7 Å². The van der Waals surface area contributed by atoms with Gasteiger partial charge < -0.3 is 10.2 Å². The van der Waals surface area contributed by atoms with E-state index in [0.717, 1.165) is 44.6 Å². The first-order valence-corrected chi connectivity index (χ1v) is 9.63. The van der Waals surface area contributed by atoms with Crippen molar-refractivity contribution in [3.63, 3.8) is 0 Å². The molecule has 1 N–H and O–H groups in total. The molecule has 1 amide bonds. The highest BCUT2D eigenvalue weighted by Crippen LogP contribution is 2.32. The zero-order chi connectivity index (χ0) is 18.1. The number of carbonyl (C=O) groups is 1. The fourth-order valence-electron chi connectivity index (χ4n) is 4.35. The zero-order valence-electron chi connectivity index (χ0n) is 15.6. The number of benzene rings is 1. The summed E-state index contributed by atoms with van der Waals surface area (Å²) in [6, 6.07) is 11.1. The average Bonchev–Trinajstić information content (AvgIpc) is 3.26. The van der Waals surface area contributed by atoms with Crippen molar-refractivity contribution in [1.82, 2.24) is 25.2 Å². The van der Waals surface area contributed by atoms with Gasteiger partial charge in [-0.05, 0) is 51.8 Å². The molecule has 0 radical (unpaired) electrons. The van der Waals surface area contributed by atoms with E-state index in [-0.39, 0.29) is 11.9 Å². The maximum Gasteiger partial charge on any atom is 0.276 e. The molecule has 4 rings (SSSR count). The van der Waals surface area contributed by atoms with Crippen LogP contribution in [-0.2, 0) is 0 Å². The van der Waals surface area contributed by atoms with Crippen LogP contribution in [0.25, 0.3) is 0 Å². The molecule has 2 unspecified atom stereocenters. The second-order valence-corrected chi connectivity index (χ2v) is 7.60. The summed E-state index contributed by atoms with van der Waals surface area (Å²) in [5, 5.41) is 12.0. The third-order valence-electron chi connectivity index (χ3n) is 5.89. The van der Waals surface area contributed by atoms with E-state index in [0.29, 0.717) is 17.7 Å². The fraction of sp³-hybridized carbons (Fsp3) is 0.550. The van der Waals surface area contributed by atoms with Crippen LogP contribution in [0.5, 0.6) is 0 Å². The summed E-state index contributed by atoms with van der Waals surface area (Å²) in [7, 11) is 0. The summed E-state index contributed by atoms with van der Waals surface area (Å²) in [5.74, 6) is 0.420. The highest BCUT2D eigenvalue weighted by molar-refractivity contribution is 5.93. The number of rotatable bonds is 3. The first-order chi connectivity index (χ1) is 12.6. The molecule has 1 aromatic carbocycles. The minimum atomic E-state index is 0.0219. The van der Waals surface area contributed by atoms with Crippen LogP contribution in [0.3, 0.4) is 0 Å². The predicted octanol–water partition coefficient (Wildman–Crippen LogP) is 2.53. The van der Waals surface area contributed by atoms with Crippen LogP contribution in [-0.4, -0.2) is 51.5 Å². The fourth-order valence-corrected chi connectivity index (χ4v) is 4.35. The molecule has 0 aliphatic carbocycles. The van der Waals surface area contributed by atoms with Crippen molar-refractivity contribution in [3.05, 3.63) is 47.3 Å². The average molecular weight is 353 g/mol. The second-order valence-electron chi connectivity index (χ2n) is 7.60. The number of hydrogen-bond acceptors (Lipinski definition) is 4. The highest BCUT2D eigenvalue weighted by atomic mass is 16.2. The van der Waals surface area contributed by atoms with Gasteiger partial charge in [0.1, 0.15) is 0 Å². The number of piperidine rings is 1.